The van der Waals surface area contributed by atoms with Crippen molar-refractivity contribution in [3.63, 3.8) is 0 Å². The van der Waals surface area contributed by atoms with Gasteiger partial charge in [-0.25, -0.2) is 0 Å². The molecule has 2 aromatic rings. The Hall–Kier alpha value is -2.13. The van der Waals surface area contributed by atoms with Gasteiger partial charge in [-0.15, -0.1) is 0 Å². The zero-order chi connectivity index (χ0) is 20.6. The predicted molar refractivity (Wildman–Crippen MR) is 122 cm³/mol. The Balaban J connectivity index is 2.37. The van der Waals surface area contributed by atoms with Gasteiger partial charge in [0.15, 0.2) is 5.78 Å². The van der Waals surface area contributed by atoms with Crippen molar-refractivity contribution >= 4 is 13.9 Å². The molecular weight excluding hydrogens is 360 g/mol. The number of hydrogen-bond donors (Lipinski definition) is 0. The van der Waals surface area contributed by atoms with Gasteiger partial charge in [-0.2, -0.15) is 0 Å². The Labute approximate surface area is 171 Å². The minimum absolute atomic E-state index is 0.152. The fourth-order valence-electron chi connectivity index (χ4n) is 3.61. The largest absolute Gasteiger partial charge is 0.497 e. The smallest absolute Gasteiger partial charge is 0.163 e. The lowest BCUT2D eigenvalue weighted by Crippen LogP contribution is -2.29. The van der Waals surface area contributed by atoms with Crippen LogP contribution in [-0.4, -0.2) is 21.0 Å². The summed E-state index contributed by atoms with van der Waals surface area (Å²) in [5, 5.41) is 1.49. The third kappa shape index (κ3) is 6.20. The van der Waals surface area contributed by atoms with Crippen LogP contribution in [0.3, 0.4) is 0 Å². The molecule has 0 amide bonds. The summed E-state index contributed by atoms with van der Waals surface area (Å²) in [4.78, 5) is 13.1. The molecule has 0 heterocycles. The van der Waals surface area contributed by atoms with Crippen LogP contribution in [0.2, 0.25) is 19.6 Å². The SMILES string of the molecule is CCCC/C=C(/C(CC(=O)c1ccc(OC)cc1)c1ccccc1)[Si](C)(C)C. The number of methoxy groups -OCH3 is 1. The zero-order valence-electron chi connectivity index (χ0n) is 18.0. The van der Waals surface area contributed by atoms with Gasteiger partial charge < -0.3 is 4.74 Å². The number of allylic oxidation sites excluding steroid dienone is 2. The van der Waals surface area contributed by atoms with Crippen molar-refractivity contribution in [2.24, 2.45) is 0 Å². The van der Waals surface area contributed by atoms with Gasteiger partial charge >= 0.3 is 0 Å². The highest BCUT2D eigenvalue weighted by molar-refractivity contribution is 6.83. The highest BCUT2D eigenvalue weighted by atomic mass is 28.3. The molecule has 0 aliphatic heterocycles. The summed E-state index contributed by atoms with van der Waals surface area (Å²) in [6, 6.07) is 18.0. The fraction of sp³-hybridized carbons (Fsp3) is 0.400. The minimum atomic E-state index is -1.58. The fourth-order valence-corrected chi connectivity index (χ4v) is 5.68. The van der Waals surface area contributed by atoms with Crippen LogP contribution in [0.5, 0.6) is 5.75 Å². The van der Waals surface area contributed by atoms with Crippen LogP contribution in [0.4, 0.5) is 0 Å². The monoisotopic (exact) mass is 394 g/mol. The average Bonchev–Trinajstić information content (AvgIpc) is 2.69. The second-order valence-corrected chi connectivity index (χ2v) is 13.4. The van der Waals surface area contributed by atoms with Gasteiger partial charge in [0.2, 0.25) is 0 Å². The van der Waals surface area contributed by atoms with E-state index in [9.17, 15) is 4.79 Å². The molecule has 0 bridgehead atoms. The number of ketones is 1. The molecule has 28 heavy (non-hydrogen) atoms. The second kappa shape index (κ2) is 10.4. The number of carbonyl (C=O) groups excluding carboxylic acids is 1. The van der Waals surface area contributed by atoms with Crippen molar-refractivity contribution in [1.82, 2.24) is 0 Å². The van der Waals surface area contributed by atoms with Gasteiger partial charge in [0.25, 0.3) is 0 Å². The first-order valence-corrected chi connectivity index (χ1v) is 13.8. The van der Waals surface area contributed by atoms with Crippen molar-refractivity contribution in [1.29, 1.82) is 0 Å². The Bertz CT molecular complexity index is 770. The molecule has 0 spiro atoms. The molecule has 2 nitrogen and oxygen atoms in total. The number of unbranched alkanes of at least 4 members (excludes halogenated alkanes) is 2. The van der Waals surface area contributed by atoms with Crippen molar-refractivity contribution in [3.8, 4) is 5.75 Å². The summed E-state index contributed by atoms with van der Waals surface area (Å²) in [6.07, 6.45) is 6.43. The van der Waals surface area contributed by atoms with Crippen molar-refractivity contribution in [3.05, 3.63) is 77.0 Å². The lowest BCUT2D eigenvalue weighted by molar-refractivity contribution is 0.0978. The van der Waals surface area contributed by atoms with E-state index in [0.29, 0.717) is 6.42 Å². The number of Topliss-reactive ketones (excluding diaryl/α,β-unsaturated/α-hetero) is 1. The van der Waals surface area contributed by atoms with E-state index >= 15 is 0 Å². The molecule has 0 aromatic heterocycles. The van der Waals surface area contributed by atoms with E-state index in [4.69, 9.17) is 4.74 Å². The Morgan fingerprint density at radius 2 is 1.68 bits per heavy atom. The van der Waals surface area contributed by atoms with Crippen molar-refractivity contribution in [2.75, 3.05) is 7.11 Å². The zero-order valence-corrected chi connectivity index (χ0v) is 19.0. The van der Waals surface area contributed by atoms with Crippen LogP contribution in [0, 0.1) is 0 Å². The summed E-state index contributed by atoms with van der Waals surface area (Å²) in [5.41, 5.74) is 2.00. The first kappa shape index (κ1) is 22.2. The van der Waals surface area contributed by atoms with E-state index in [1.54, 1.807) is 7.11 Å². The third-order valence-corrected chi connectivity index (χ3v) is 7.45. The standard InChI is InChI=1S/C25H34O2Si/c1-6-7-9-14-25(28(3,4)5)23(20-12-10-8-11-13-20)19-24(26)21-15-17-22(27-2)18-16-21/h8,10-18,23H,6-7,9,19H2,1-5H3/b25-14-. The number of carbonyl (C=O) groups is 1. The number of ether oxygens (including phenoxy) is 1. The normalized spacial score (nSPS) is 13.2. The molecule has 3 heteroatoms. The summed E-state index contributed by atoms with van der Waals surface area (Å²) in [6.45, 7) is 9.39. The molecule has 1 unspecified atom stereocenters. The lowest BCUT2D eigenvalue weighted by atomic mass is 9.90. The van der Waals surface area contributed by atoms with E-state index in [-0.39, 0.29) is 11.7 Å². The molecule has 2 aromatic carbocycles. The van der Waals surface area contributed by atoms with E-state index in [0.717, 1.165) is 17.7 Å². The van der Waals surface area contributed by atoms with E-state index in [2.05, 4.69) is 56.9 Å². The Morgan fingerprint density at radius 1 is 1.04 bits per heavy atom. The van der Waals surface area contributed by atoms with Crippen molar-refractivity contribution < 1.29 is 9.53 Å². The molecule has 0 saturated carbocycles. The molecular formula is C25H34O2Si. The molecule has 0 fully saturated rings. The van der Waals surface area contributed by atoms with Gasteiger partial charge in [0, 0.05) is 17.9 Å². The molecule has 2 rings (SSSR count). The highest BCUT2D eigenvalue weighted by Crippen LogP contribution is 2.35. The molecule has 0 aliphatic carbocycles. The van der Waals surface area contributed by atoms with E-state index < -0.39 is 8.07 Å². The van der Waals surface area contributed by atoms with Gasteiger partial charge in [0.1, 0.15) is 5.75 Å². The quantitative estimate of drug-likeness (QED) is 0.245. The maximum Gasteiger partial charge on any atom is 0.163 e. The predicted octanol–water partition coefficient (Wildman–Crippen LogP) is 7.05. The lowest BCUT2D eigenvalue weighted by Gasteiger charge is -2.30. The summed E-state index contributed by atoms with van der Waals surface area (Å²) in [7, 11) is 0.0663. The minimum Gasteiger partial charge on any atom is -0.497 e. The topological polar surface area (TPSA) is 26.3 Å². The molecule has 0 radical (unpaired) electrons. The van der Waals surface area contributed by atoms with Gasteiger partial charge in [-0.3, -0.25) is 4.79 Å². The maximum atomic E-state index is 13.1. The maximum absolute atomic E-state index is 13.1. The van der Waals surface area contributed by atoms with Crippen LogP contribution in [0.1, 0.15) is 54.4 Å². The molecule has 0 N–H and O–H groups in total. The average molecular weight is 395 g/mol. The van der Waals surface area contributed by atoms with E-state index in [1.807, 2.05) is 30.3 Å². The summed E-state index contributed by atoms with van der Waals surface area (Å²) < 4.78 is 5.22. The van der Waals surface area contributed by atoms with Crippen LogP contribution < -0.4 is 4.74 Å². The van der Waals surface area contributed by atoms with Crippen LogP contribution >= 0.6 is 0 Å². The van der Waals surface area contributed by atoms with Gasteiger partial charge in [-0.05, 0) is 36.2 Å². The second-order valence-electron chi connectivity index (χ2n) is 8.37. The molecule has 1 atom stereocenters. The first-order chi connectivity index (χ1) is 13.4. The third-order valence-electron chi connectivity index (χ3n) is 5.17. The van der Waals surface area contributed by atoms with Crippen LogP contribution in [-0.2, 0) is 0 Å². The van der Waals surface area contributed by atoms with Gasteiger partial charge in [0.05, 0.1) is 15.2 Å². The van der Waals surface area contributed by atoms with Gasteiger partial charge in [-0.1, -0.05) is 81.0 Å². The highest BCUT2D eigenvalue weighted by Gasteiger charge is 2.29. The van der Waals surface area contributed by atoms with E-state index in [1.165, 1.54) is 23.6 Å². The molecule has 0 aliphatic rings. The van der Waals surface area contributed by atoms with Crippen molar-refractivity contribution in [2.45, 2.75) is 58.2 Å². The van der Waals surface area contributed by atoms with Crippen LogP contribution in [0.25, 0.3) is 0 Å². The Morgan fingerprint density at radius 3 is 2.21 bits per heavy atom. The molecule has 0 saturated heterocycles. The number of hydrogen-bond acceptors (Lipinski definition) is 2. The molecule has 150 valence electrons. The van der Waals surface area contributed by atoms with Crippen LogP contribution in [0.15, 0.2) is 65.9 Å². The number of rotatable bonds is 10. The first-order valence-electron chi connectivity index (χ1n) is 10.3. The summed E-state index contributed by atoms with van der Waals surface area (Å²) >= 11 is 0. The Kier molecular flexibility index (Phi) is 8.25. The summed E-state index contributed by atoms with van der Waals surface area (Å²) in [5.74, 6) is 1.12. The number of benzene rings is 2.